The Morgan fingerprint density at radius 3 is 2.73 bits per heavy atom. The molecule has 0 bridgehead atoms. The van der Waals surface area contributed by atoms with Crippen molar-refractivity contribution in [2.24, 2.45) is 11.8 Å². The number of ether oxygens (including phenoxy) is 1. The number of allylic oxidation sites excluding steroid dienone is 1. The average molecular weight is 212 g/mol. The van der Waals surface area contributed by atoms with Gasteiger partial charge >= 0.3 is 5.97 Å². The van der Waals surface area contributed by atoms with Gasteiger partial charge in [-0.2, -0.15) is 0 Å². The molecule has 0 unspecified atom stereocenters. The maximum absolute atomic E-state index is 10.6. The van der Waals surface area contributed by atoms with Gasteiger partial charge in [-0.05, 0) is 24.7 Å². The first-order valence-electron chi connectivity index (χ1n) is 5.48. The lowest BCUT2D eigenvalue weighted by Gasteiger charge is -2.31. The van der Waals surface area contributed by atoms with Gasteiger partial charge in [-0.1, -0.05) is 26.0 Å². The van der Waals surface area contributed by atoms with E-state index < -0.39 is 5.60 Å². The van der Waals surface area contributed by atoms with Gasteiger partial charge < -0.3 is 9.84 Å². The Kier molecular flexibility index (Phi) is 3.91. The van der Waals surface area contributed by atoms with E-state index in [1.807, 2.05) is 6.08 Å². The zero-order valence-electron chi connectivity index (χ0n) is 9.69. The second-order valence-electron chi connectivity index (χ2n) is 4.69. The van der Waals surface area contributed by atoms with Crippen LogP contribution in [-0.2, 0) is 9.53 Å². The molecule has 1 aliphatic rings. The second-order valence-corrected chi connectivity index (χ2v) is 4.69. The minimum atomic E-state index is -0.947. The van der Waals surface area contributed by atoms with Gasteiger partial charge in [-0.3, -0.25) is 4.79 Å². The molecule has 0 amide bonds. The van der Waals surface area contributed by atoms with Crippen molar-refractivity contribution in [2.75, 3.05) is 6.61 Å². The monoisotopic (exact) mass is 212 g/mol. The summed E-state index contributed by atoms with van der Waals surface area (Å²) in [5, 5.41) is 10.1. The molecule has 0 saturated heterocycles. The molecular weight excluding hydrogens is 192 g/mol. The fraction of sp³-hybridized carbons (Fsp3) is 0.750. The largest absolute Gasteiger partial charge is 0.462 e. The molecule has 0 aliphatic heterocycles. The Labute approximate surface area is 91.1 Å². The molecule has 1 N–H and O–H groups in total. The summed E-state index contributed by atoms with van der Waals surface area (Å²) in [5.74, 6) is 0.782. The maximum atomic E-state index is 10.6. The molecule has 0 fully saturated rings. The summed E-state index contributed by atoms with van der Waals surface area (Å²) in [6.45, 7) is 5.77. The number of rotatable bonds is 3. The predicted molar refractivity (Wildman–Crippen MR) is 58.3 cm³/mol. The van der Waals surface area contributed by atoms with E-state index in [0.717, 1.165) is 6.42 Å². The normalized spacial score (nSPS) is 30.6. The van der Waals surface area contributed by atoms with Gasteiger partial charge in [0.15, 0.2) is 0 Å². The molecule has 0 radical (unpaired) electrons. The number of hydrogen-bond donors (Lipinski definition) is 1. The SMILES string of the molecule is CC(=O)OC[C@@]1(O)C=C[C@@H](C(C)C)CC1. The van der Waals surface area contributed by atoms with E-state index in [1.165, 1.54) is 6.92 Å². The molecule has 3 heteroatoms. The molecule has 15 heavy (non-hydrogen) atoms. The molecule has 86 valence electrons. The van der Waals surface area contributed by atoms with Crippen molar-refractivity contribution in [2.45, 2.75) is 39.2 Å². The van der Waals surface area contributed by atoms with Crippen LogP contribution in [0.4, 0.5) is 0 Å². The number of esters is 1. The summed E-state index contributed by atoms with van der Waals surface area (Å²) >= 11 is 0. The van der Waals surface area contributed by atoms with Gasteiger partial charge in [-0.25, -0.2) is 0 Å². The van der Waals surface area contributed by atoms with Crippen LogP contribution < -0.4 is 0 Å². The lowest BCUT2D eigenvalue weighted by atomic mass is 9.80. The lowest BCUT2D eigenvalue weighted by Crippen LogP contribution is -2.36. The zero-order valence-corrected chi connectivity index (χ0v) is 9.69. The van der Waals surface area contributed by atoms with Crippen molar-refractivity contribution in [3.63, 3.8) is 0 Å². The van der Waals surface area contributed by atoms with Crippen LogP contribution in [0.25, 0.3) is 0 Å². The fourth-order valence-corrected chi connectivity index (χ4v) is 1.80. The summed E-state index contributed by atoms with van der Waals surface area (Å²) < 4.78 is 4.84. The topological polar surface area (TPSA) is 46.5 Å². The van der Waals surface area contributed by atoms with Gasteiger partial charge in [-0.15, -0.1) is 0 Å². The van der Waals surface area contributed by atoms with E-state index in [9.17, 15) is 9.90 Å². The molecular formula is C12H20O3. The van der Waals surface area contributed by atoms with E-state index in [-0.39, 0.29) is 12.6 Å². The molecule has 0 saturated carbocycles. The lowest BCUT2D eigenvalue weighted by molar-refractivity contribution is -0.147. The number of aliphatic hydroxyl groups is 1. The van der Waals surface area contributed by atoms with Crippen LogP contribution in [0.15, 0.2) is 12.2 Å². The first-order valence-corrected chi connectivity index (χ1v) is 5.48. The van der Waals surface area contributed by atoms with Gasteiger partial charge in [0.1, 0.15) is 12.2 Å². The van der Waals surface area contributed by atoms with Crippen LogP contribution >= 0.6 is 0 Å². The summed E-state index contributed by atoms with van der Waals surface area (Å²) in [6.07, 6.45) is 5.44. The minimum Gasteiger partial charge on any atom is -0.462 e. The van der Waals surface area contributed by atoms with Crippen molar-refractivity contribution in [3.05, 3.63) is 12.2 Å². The molecule has 0 heterocycles. The van der Waals surface area contributed by atoms with Gasteiger partial charge in [0.05, 0.1) is 0 Å². The van der Waals surface area contributed by atoms with Crippen molar-refractivity contribution in [1.29, 1.82) is 0 Å². The van der Waals surface area contributed by atoms with Crippen LogP contribution in [0.3, 0.4) is 0 Å². The summed E-state index contributed by atoms with van der Waals surface area (Å²) in [4.78, 5) is 10.6. The molecule has 0 aromatic heterocycles. The molecule has 3 nitrogen and oxygen atoms in total. The standard InChI is InChI=1S/C12H20O3/c1-9(2)11-4-6-12(14,7-5-11)8-15-10(3)13/h4,6,9,11,14H,5,7-8H2,1-3H3/t11-,12-/m1/s1. The van der Waals surface area contributed by atoms with Crippen LogP contribution in [0.2, 0.25) is 0 Å². The molecule has 0 aromatic carbocycles. The summed E-state index contributed by atoms with van der Waals surface area (Å²) in [7, 11) is 0. The van der Waals surface area contributed by atoms with Crippen LogP contribution in [0.1, 0.15) is 33.6 Å². The highest BCUT2D eigenvalue weighted by Crippen LogP contribution is 2.30. The Bertz CT molecular complexity index is 258. The smallest absolute Gasteiger partial charge is 0.302 e. The highest BCUT2D eigenvalue weighted by molar-refractivity contribution is 5.66. The maximum Gasteiger partial charge on any atom is 0.302 e. The summed E-state index contributed by atoms with van der Waals surface area (Å²) in [6, 6.07) is 0. The number of carbonyl (C=O) groups is 1. The highest BCUT2D eigenvalue weighted by atomic mass is 16.5. The average Bonchev–Trinajstić information content (AvgIpc) is 2.16. The highest BCUT2D eigenvalue weighted by Gasteiger charge is 2.30. The van der Waals surface area contributed by atoms with E-state index >= 15 is 0 Å². The van der Waals surface area contributed by atoms with E-state index in [1.54, 1.807) is 6.08 Å². The Hall–Kier alpha value is -0.830. The zero-order chi connectivity index (χ0) is 11.5. The molecule has 1 rings (SSSR count). The molecule has 0 aromatic rings. The predicted octanol–water partition coefficient (Wildman–Crippen LogP) is 1.90. The Morgan fingerprint density at radius 1 is 1.67 bits per heavy atom. The fourth-order valence-electron chi connectivity index (χ4n) is 1.80. The molecule has 2 atom stereocenters. The first-order chi connectivity index (χ1) is 6.93. The van der Waals surface area contributed by atoms with Crippen LogP contribution in [0, 0.1) is 11.8 Å². The third kappa shape index (κ3) is 3.67. The van der Waals surface area contributed by atoms with Crippen LogP contribution in [-0.4, -0.2) is 23.3 Å². The summed E-state index contributed by atoms with van der Waals surface area (Å²) in [5.41, 5.74) is -0.947. The number of hydrogen-bond acceptors (Lipinski definition) is 3. The van der Waals surface area contributed by atoms with Crippen LogP contribution in [0.5, 0.6) is 0 Å². The van der Waals surface area contributed by atoms with Gasteiger partial charge in [0.2, 0.25) is 0 Å². The Morgan fingerprint density at radius 2 is 2.33 bits per heavy atom. The third-order valence-electron chi connectivity index (χ3n) is 2.95. The number of carbonyl (C=O) groups excluding carboxylic acids is 1. The van der Waals surface area contributed by atoms with Gasteiger partial charge in [0, 0.05) is 6.92 Å². The molecule has 0 spiro atoms. The van der Waals surface area contributed by atoms with Crippen molar-refractivity contribution in [3.8, 4) is 0 Å². The van der Waals surface area contributed by atoms with Crippen molar-refractivity contribution >= 4 is 5.97 Å². The minimum absolute atomic E-state index is 0.0731. The Balaban J connectivity index is 2.51. The first kappa shape index (κ1) is 12.2. The quantitative estimate of drug-likeness (QED) is 0.574. The van der Waals surface area contributed by atoms with Crippen molar-refractivity contribution < 1.29 is 14.6 Å². The van der Waals surface area contributed by atoms with E-state index in [2.05, 4.69) is 13.8 Å². The van der Waals surface area contributed by atoms with E-state index in [4.69, 9.17) is 4.74 Å². The van der Waals surface area contributed by atoms with Gasteiger partial charge in [0.25, 0.3) is 0 Å². The van der Waals surface area contributed by atoms with E-state index in [0.29, 0.717) is 18.3 Å². The third-order valence-corrected chi connectivity index (χ3v) is 2.95. The van der Waals surface area contributed by atoms with Crippen molar-refractivity contribution in [1.82, 2.24) is 0 Å². The molecule has 1 aliphatic carbocycles. The second kappa shape index (κ2) is 4.79.